The van der Waals surface area contributed by atoms with Crippen molar-refractivity contribution in [2.24, 2.45) is 0 Å². The predicted octanol–water partition coefficient (Wildman–Crippen LogP) is 2.30. The van der Waals surface area contributed by atoms with Crippen LogP contribution in [0, 0.1) is 0 Å². The number of aromatic nitrogens is 4. The summed E-state index contributed by atoms with van der Waals surface area (Å²) in [6.45, 7) is 5.07. The van der Waals surface area contributed by atoms with Gasteiger partial charge in [-0.15, -0.1) is 0 Å². The molecule has 0 radical (unpaired) electrons. The van der Waals surface area contributed by atoms with Crippen molar-refractivity contribution in [3.8, 4) is 0 Å². The number of nitrogens with zero attached hydrogens (tertiary/aromatic N) is 6. The molecule has 1 saturated heterocycles. The van der Waals surface area contributed by atoms with Gasteiger partial charge in [-0.3, -0.25) is 14.6 Å². The van der Waals surface area contributed by atoms with Gasteiger partial charge in [-0.25, -0.2) is 14.6 Å². The van der Waals surface area contributed by atoms with Crippen molar-refractivity contribution < 1.29 is 9.53 Å². The maximum atomic E-state index is 13.0. The highest BCUT2D eigenvalue weighted by Gasteiger charge is 2.21. The van der Waals surface area contributed by atoms with Crippen molar-refractivity contribution in [3.05, 3.63) is 35.9 Å². The lowest BCUT2D eigenvalue weighted by Gasteiger charge is -2.27. The number of ether oxygens (including phenoxy) is 1. The third kappa shape index (κ3) is 4.67. The molecule has 1 amide bonds. The zero-order chi connectivity index (χ0) is 19.3. The minimum atomic E-state index is -0.0577. The maximum Gasteiger partial charge on any atom is 0.250 e. The minimum Gasteiger partial charge on any atom is -0.379 e. The Morgan fingerprint density at radius 2 is 2.18 bits per heavy atom. The Bertz CT molecular complexity index is 925. The quantitative estimate of drug-likeness (QED) is 0.583. The van der Waals surface area contributed by atoms with Gasteiger partial charge in [-0.1, -0.05) is 22.9 Å². The largest absolute Gasteiger partial charge is 0.379 e. The second kappa shape index (κ2) is 8.95. The highest BCUT2D eigenvalue weighted by atomic mass is 35.5. The van der Waals surface area contributed by atoms with Gasteiger partial charge in [-0.05, 0) is 24.6 Å². The molecule has 2 aromatic heterocycles. The number of hydrogen-bond donors (Lipinski definition) is 0. The summed E-state index contributed by atoms with van der Waals surface area (Å²) in [6, 6.07) is 5.57. The molecule has 1 fully saturated rings. The number of rotatable bonds is 7. The third-order valence-corrected chi connectivity index (χ3v) is 5.87. The van der Waals surface area contributed by atoms with Crippen molar-refractivity contribution in [1.29, 1.82) is 0 Å². The molecule has 8 nitrogen and oxygen atoms in total. The van der Waals surface area contributed by atoms with E-state index in [9.17, 15) is 4.79 Å². The van der Waals surface area contributed by atoms with Gasteiger partial charge in [0.15, 0.2) is 5.13 Å². The summed E-state index contributed by atoms with van der Waals surface area (Å²) in [4.78, 5) is 25.7. The van der Waals surface area contributed by atoms with Crippen molar-refractivity contribution in [2.45, 2.75) is 13.0 Å². The van der Waals surface area contributed by atoms with E-state index in [0.29, 0.717) is 16.7 Å². The number of amides is 1. The Kier molecular flexibility index (Phi) is 6.16. The average molecular weight is 421 g/mol. The van der Waals surface area contributed by atoms with Gasteiger partial charge in [0.05, 0.1) is 23.4 Å². The van der Waals surface area contributed by atoms with Crippen molar-refractivity contribution in [1.82, 2.24) is 24.6 Å². The van der Waals surface area contributed by atoms with Crippen LogP contribution in [0.5, 0.6) is 0 Å². The van der Waals surface area contributed by atoms with E-state index in [1.54, 1.807) is 11.2 Å². The summed E-state index contributed by atoms with van der Waals surface area (Å²) < 4.78 is 7.89. The normalized spacial score (nSPS) is 15.2. The van der Waals surface area contributed by atoms with Crippen LogP contribution in [0.4, 0.5) is 5.13 Å². The van der Waals surface area contributed by atoms with Crippen LogP contribution in [-0.2, 0) is 16.1 Å². The van der Waals surface area contributed by atoms with Crippen molar-refractivity contribution >= 4 is 44.2 Å². The summed E-state index contributed by atoms with van der Waals surface area (Å²) in [5.74, 6) is -0.0577. The molecule has 0 saturated carbocycles. The molecule has 0 aliphatic carbocycles. The van der Waals surface area contributed by atoms with Gasteiger partial charge in [0.25, 0.3) is 5.91 Å². The first-order valence-electron chi connectivity index (χ1n) is 9.18. The zero-order valence-corrected chi connectivity index (χ0v) is 16.9. The average Bonchev–Trinajstić information content (AvgIpc) is 3.35. The summed E-state index contributed by atoms with van der Waals surface area (Å²) >= 11 is 7.58. The van der Waals surface area contributed by atoms with E-state index >= 15 is 0 Å². The summed E-state index contributed by atoms with van der Waals surface area (Å²) in [5, 5.41) is 5.39. The first kappa shape index (κ1) is 19.3. The number of fused-ring (bicyclic) bond motifs is 1. The van der Waals surface area contributed by atoms with E-state index in [1.165, 1.54) is 22.3 Å². The molecule has 1 aromatic carbocycles. The number of halogens is 1. The Morgan fingerprint density at radius 3 is 2.96 bits per heavy atom. The number of hydrogen-bond acceptors (Lipinski definition) is 7. The second-order valence-corrected chi connectivity index (χ2v) is 8.00. The van der Waals surface area contributed by atoms with Crippen LogP contribution in [0.15, 0.2) is 30.9 Å². The number of morpholine rings is 1. The summed E-state index contributed by atoms with van der Waals surface area (Å²) in [7, 11) is 0. The SMILES string of the molecule is O=C(Cn1cncn1)N(CCCN1CCOCC1)c1nc2ccc(Cl)cc2s1. The number of thiazole rings is 1. The van der Waals surface area contributed by atoms with Crippen LogP contribution >= 0.6 is 22.9 Å². The third-order valence-electron chi connectivity index (χ3n) is 4.59. The highest BCUT2D eigenvalue weighted by molar-refractivity contribution is 7.22. The van der Waals surface area contributed by atoms with E-state index in [1.807, 2.05) is 18.2 Å². The van der Waals surface area contributed by atoms with E-state index in [0.717, 1.165) is 49.5 Å². The Labute approximate surface area is 171 Å². The second-order valence-electron chi connectivity index (χ2n) is 6.55. The van der Waals surface area contributed by atoms with Gasteiger partial charge < -0.3 is 4.74 Å². The first-order valence-corrected chi connectivity index (χ1v) is 10.4. The summed E-state index contributed by atoms with van der Waals surface area (Å²) in [6.07, 6.45) is 3.83. The van der Waals surface area contributed by atoms with E-state index in [2.05, 4.69) is 20.0 Å². The van der Waals surface area contributed by atoms with Crippen molar-refractivity contribution in [3.63, 3.8) is 0 Å². The standard InChI is InChI=1S/C18H21ClN6O2S/c19-14-2-3-15-16(10-14)28-18(22-15)25(17(26)11-24-13-20-12-21-24)5-1-4-23-6-8-27-9-7-23/h2-3,10,12-13H,1,4-9,11H2. The van der Waals surface area contributed by atoms with Gasteiger partial charge in [0.2, 0.25) is 0 Å². The fourth-order valence-electron chi connectivity index (χ4n) is 3.14. The van der Waals surface area contributed by atoms with Crippen LogP contribution in [0.1, 0.15) is 6.42 Å². The number of benzene rings is 1. The molecule has 0 bridgehead atoms. The van der Waals surface area contributed by atoms with Gasteiger partial charge >= 0.3 is 0 Å². The lowest BCUT2D eigenvalue weighted by molar-refractivity contribution is -0.119. The molecule has 28 heavy (non-hydrogen) atoms. The molecule has 3 aromatic rings. The highest BCUT2D eigenvalue weighted by Crippen LogP contribution is 2.31. The van der Waals surface area contributed by atoms with Gasteiger partial charge in [0, 0.05) is 31.2 Å². The Balaban J connectivity index is 1.50. The molecule has 0 spiro atoms. The van der Waals surface area contributed by atoms with Gasteiger partial charge in [0.1, 0.15) is 19.2 Å². The smallest absolute Gasteiger partial charge is 0.250 e. The maximum absolute atomic E-state index is 13.0. The topological polar surface area (TPSA) is 76.4 Å². The van der Waals surface area contributed by atoms with E-state index < -0.39 is 0 Å². The fraction of sp³-hybridized carbons (Fsp3) is 0.444. The zero-order valence-electron chi connectivity index (χ0n) is 15.3. The Morgan fingerprint density at radius 1 is 1.32 bits per heavy atom. The van der Waals surface area contributed by atoms with Crippen LogP contribution < -0.4 is 4.90 Å². The van der Waals surface area contributed by atoms with E-state index in [-0.39, 0.29) is 12.5 Å². The molecule has 0 atom stereocenters. The number of anilines is 1. The molecule has 1 aliphatic rings. The number of carbonyl (C=O) groups excluding carboxylic acids is 1. The van der Waals surface area contributed by atoms with Crippen LogP contribution in [0.2, 0.25) is 5.02 Å². The molecule has 0 N–H and O–H groups in total. The lowest BCUT2D eigenvalue weighted by atomic mass is 10.3. The molecular weight excluding hydrogens is 400 g/mol. The van der Waals surface area contributed by atoms with Crippen LogP contribution in [0.25, 0.3) is 10.2 Å². The summed E-state index contributed by atoms with van der Waals surface area (Å²) in [5.41, 5.74) is 0.844. The van der Waals surface area contributed by atoms with Crippen LogP contribution in [0.3, 0.4) is 0 Å². The molecule has 4 rings (SSSR count). The molecule has 148 valence electrons. The van der Waals surface area contributed by atoms with E-state index in [4.69, 9.17) is 16.3 Å². The lowest BCUT2D eigenvalue weighted by Crippen LogP contribution is -2.40. The molecule has 0 unspecified atom stereocenters. The molecular formula is C18H21ClN6O2S. The molecule has 3 heterocycles. The first-order chi connectivity index (χ1) is 13.7. The van der Waals surface area contributed by atoms with Gasteiger partial charge in [-0.2, -0.15) is 5.10 Å². The van der Waals surface area contributed by atoms with Crippen LogP contribution in [-0.4, -0.2) is 69.9 Å². The predicted molar refractivity (Wildman–Crippen MR) is 109 cm³/mol. The number of carbonyl (C=O) groups is 1. The Hall–Kier alpha value is -2.07. The monoisotopic (exact) mass is 420 g/mol. The minimum absolute atomic E-state index is 0.0577. The fourth-order valence-corrected chi connectivity index (χ4v) is 4.43. The van der Waals surface area contributed by atoms with Crippen molar-refractivity contribution in [2.75, 3.05) is 44.3 Å². The molecule has 10 heteroatoms. The molecule has 1 aliphatic heterocycles.